The van der Waals surface area contributed by atoms with Gasteiger partial charge in [-0.15, -0.1) is 0 Å². The van der Waals surface area contributed by atoms with E-state index in [0.29, 0.717) is 10.0 Å². The van der Waals surface area contributed by atoms with Gasteiger partial charge in [0, 0.05) is 15.6 Å². The van der Waals surface area contributed by atoms with Gasteiger partial charge in [-0.2, -0.15) is 0 Å². The van der Waals surface area contributed by atoms with Crippen LogP contribution in [0.15, 0.2) is 54.6 Å². The molecule has 0 bridgehead atoms. The zero-order valence-corrected chi connectivity index (χ0v) is 14.5. The summed E-state index contributed by atoms with van der Waals surface area (Å²) in [6.45, 7) is 2.11. The van der Waals surface area contributed by atoms with Crippen molar-refractivity contribution in [2.45, 2.75) is 11.8 Å². The van der Waals surface area contributed by atoms with Crippen LogP contribution in [0.2, 0.25) is 10.0 Å². The molecule has 0 radical (unpaired) electrons. The predicted octanol–water partition coefficient (Wildman–Crippen LogP) is 6.94. The number of aryl methyl sites for hydroxylation is 1. The Bertz CT molecular complexity index is 791. The van der Waals surface area contributed by atoms with Gasteiger partial charge in [-0.25, -0.2) is 0 Å². The van der Waals surface area contributed by atoms with Crippen LogP contribution in [0.1, 0.15) is 21.5 Å². The van der Waals surface area contributed by atoms with Crippen molar-refractivity contribution in [2.75, 3.05) is 0 Å². The van der Waals surface area contributed by atoms with E-state index in [0.717, 1.165) is 5.56 Å². The van der Waals surface area contributed by atoms with Gasteiger partial charge in [0.2, 0.25) is 0 Å². The Morgan fingerprint density at radius 1 is 0.810 bits per heavy atom. The molecule has 0 amide bonds. The maximum Gasteiger partial charge on any atom is 0.0682 e. The second kappa shape index (κ2) is 6.00. The van der Waals surface area contributed by atoms with E-state index in [-0.39, 0.29) is 4.83 Å². The van der Waals surface area contributed by atoms with E-state index >= 15 is 0 Å². The highest BCUT2D eigenvalue weighted by Gasteiger charge is 2.20. The summed E-state index contributed by atoms with van der Waals surface area (Å²) in [6.07, 6.45) is 0. The standard InChI is InChI=1S/C18H13BrCl2/c1-11-9-10-12-5-2-3-6-13(12)16(11)18(19)17-14(20)7-4-8-15(17)21/h2-10,18H,1H3. The fraction of sp³-hybridized carbons (Fsp3) is 0.111. The number of alkyl halides is 1. The summed E-state index contributed by atoms with van der Waals surface area (Å²) in [6, 6.07) is 18.2. The van der Waals surface area contributed by atoms with Crippen LogP contribution in [-0.2, 0) is 0 Å². The van der Waals surface area contributed by atoms with E-state index in [1.807, 2.05) is 24.3 Å². The van der Waals surface area contributed by atoms with Crippen LogP contribution < -0.4 is 0 Å². The maximum atomic E-state index is 6.36. The first-order valence-electron chi connectivity index (χ1n) is 6.66. The van der Waals surface area contributed by atoms with Crippen molar-refractivity contribution in [3.8, 4) is 0 Å². The van der Waals surface area contributed by atoms with Crippen LogP contribution in [0.25, 0.3) is 10.8 Å². The van der Waals surface area contributed by atoms with Crippen LogP contribution >= 0.6 is 39.1 Å². The molecule has 21 heavy (non-hydrogen) atoms. The highest BCUT2D eigenvalue weighted by Crippen LogP contribution is 2.43. The largest absolute Gasteiger partial charge is 0.0839 e. The first-order valence-corrected chi connectivity index (χ1v) is 8.33. The number of benzene rings is 3. The highest BCUT2D eigenvalue weighted by molar-refractivity contribution is 9.09. The molecule has 0 fully saturated rings. The Balaban J connectivity index is 2.27. The molecule has 3 aromatic rings. The van der Waals surface area contributed by atoms with Gasteiger partial charge < -0.3 is 0 Å². The van der Waals surface area contributed by atoms with Crippen LogP contribution in [0.3, 0.4) is 0 Å². The zero-order valence-electron chi connectivity index (χ0n) is 11.4. The predicted molar refractivity (Wildman–Crippen MR) is 95.9 cm³/mol. The monoisotopic (exact) mass is 378 g/mol. The lowest BCUT2D eigenvalue weighted by atomic mass is 9.94. The molecule has 0 aliphatic rings. The molecule has 1 unspecified atom stereocenters. The third-order valence-electron chi connectivity index (χ3n) is 3.70. The lowest BCUT2D eigenvalue weighted by molar-refractivity contribution is 1.16. The minimum atomic E-state index is -0.0372. The van der Waals surface area contributed by atoms with Gasteiger partial charge in [0.25, 0.3) is 0 Å². The molecule has 0 N–H and O–H groups in total. The molecular formula is C18H13BrCl2. The van der Waals surface area contributed by atoms with E-state index in [4.69, 9.17) is 23.2 Å². The van der Waals surface area contributed by atoms with Crippen LogP contribution in [-0.4, -0.2) is 0 Å². The summed E-state index contributed by atoms with van der Waals surface area (Å²) in [5, 5.41) is 3.79. The lowest BCUT2D eigenvalue weighted by Gasteiger charge is -2.19. The second-order valence-electron chi connectivity index (χ2n) is 5.02. The summed E-state index contributed by atoms with van der Waals surface area (Å²) in [4.78, 5) is -0.0372. The van der Waals surface area contributed by atoms with Gasteiger partial charge in [0.05, 0.1) is 4.83 Å². The topological polar surface area (TPSA) is 0 Å². The van der Waals surface area contributed by atoms with Crippen LogP contribution in [0.5, 0.6) is 0 Å². The summed E-state index contributed by atoms with van der Waals surface area (Å²) in [5.41, 5.74) is 3.34. The summed E-state index contributed by atoms with van der Waals surface area (Å²) in [5.74, 6) is 0. The van der Waals surface area contributed by atoms with Gasteiger partial charge in [-0.05, 0) is 41.0 Å². The number of rotatable bonds is 2. The number of halogens is 3. The van der Waals surface area contributed by atoms with Gasteiger partial charge in [-0.3, -0.25) is 0 Å². The van der Waals surface area contributed by atoms with Crippen LogP contribution in [0, 0.1) is 6.92 Å². The number of hydrogen-bond acceptors (Lipinski definition) is 0. The molecule has 0 saturated carbocycles. The summed E-state index contributed by atoms with van der Waals surface area (Å²) >= 11 is 16.5. The van der Waals surface area contributed by atoms with Crippen molar-refractivity contribution in [3.05, 3.63) is 81.3 Å². The van der Waals surface area contributed by atoms with E-state index in [9.17, 15) is 0 Å². The minimum Gasteiger partial charge on any atom is -0.0839 e. The highest BCUT2D eigenvalue weighted by atomic mass is 79.9. The zero-order chi connectivity index (χ0) is 15.0. The first kappa shape index (κ1) is 14.9. The molecule has 1 atom stereocenters. The molecule has 0 aliphatic heterocycles. The fourth-order valence-corrected chi connectivity index (χ4v) is 4.62. The molecule has 0 heterocycles. The Kier molecular flexibility index (Phi) is 4.26. The fourth-order valence-electron chi connectivity index (χ4n) is 2.64. The molecule has 106 valence electrons. The van der Waals surface area contributed by atoms with Gasteiger partial charge in [-0.1, -0.05) is 81.6 Å². The molecule has 3 aromatic carbocycles. The van der Waals surface area contributed by atoms with E-state index in [1.165, 1.54) is 21.9 Å². The van der Waals surface area contributed by atoms with Crippen molar-refractivity contribution in [1.29, 1.82) is 0 Å². The molecule has 3 rings (SSSR count). The van der Waals surface area contributed by atoms with Gasteiger partial charge >= 0.3 is 0 Å². The average Bonchev–Trinajstić information content (AvgIpc) is 2.46. The summed E-state index contributed by atoms with van der Waals surface area (Å²) in [7, 11) is 0. The molecule has 0 aromatic heterocycles. The number of fused-ring (bicyclic) bond motifs is 1. The normalized spacial score (nSPS) is 12.6. The lowest BCUT2D eigenvalue weighted by Crippen LogP contribution is -1.99. The van der Waals surface area contributed by atoms with Crippen molar-refractivity contribution in [3.63, 3.8) is 0 Å². The smallest absolute Gasteiger partial charge is 0.0682 e. The quantitative estimate of drug-likeness (QED) is 0.423. The van der Waals surface area contributed by atoms with Crippen molar-refractivity contribution < 1.29 is 0 Å². The molecular weight excluding hydrogens is 367 g/mol. The SMILES string of the molecule is Cc1ccc2ccccc2c1C(Br)c1c(Cl)cccc1Cl. The van der Waals surface area contributed by atoms with Crippen LogP contribution in [0.4, 0.5) is 0 Å². The molecule has 0 nitrogen and oxygen atoms in total. The van der Waals surface area contributed by atoms with Crippen molar-refractivity contribution in [2.24, 2.45) is 0 Å². The first-order chi connectivity index (χ1) is 10.1. The van der Waals surface area contributed by atoms with Gasteiger partial charge in [0.1, 0.15) is 0 Å². The van der Waals surface area contributed by atoms with E-state index < -0.39 is 0 Å². The maximum absolute atomic E-state index is 6.36. The molecule has 0 spiro atoms. The molecule has 0 aliphatic carbocycles. The number of hydrogen-bond donors (Lipinski definition) is 0. The van der Waals surface area contributed by atoms with Crippen molar-refractivity contribution in [1.82, 2.24) is 0 Å². The van der Waals surface area contributed by atoms with E-state index in [2.05, 4.69) is 53.2 Å². The minimum absolute atomic E-state index is 0.0372. The third-order valence-corrected chi connectivity index (χ3v) is 5.27. The van der Waals surface area contributed by atoms with E-state index in [1.54, 1.807) is 0 Å². The molecule has 3 heteroatoms. The van der Waals surface area contributed by atoms with Crippen molar-refractivity contribution >= 4 is 49.9 Å². The Hall–Kier alpha value is -1.02. The Labute approximate surface area is 142 Å². The van der Waals surface area contributed by atoms with Gasteiger partial charge in [0.15, 0.2) is 0 Å². The third kappa shape index (κ3) is 2.70. The molecule has 0 saturated heterocycles. The Morgan fingerprint density at radius 2 is 1.48 bits per heavy atom. The average molecular weight is 380 g/mol. The Morgan fingerprint density at radius 3 is 2.19 bits per heavy atom. The summed E-state index contributed by atoms with van der Waals surface area (Å²) < 4.78 is 0. The second-order valence-corrected chi connectivity index (χ2v) is 6.75.